The molecule has 0 saturated heterocycles. The van der Waals surface area contributed by atoms with Crippen LogP contribution in [0.25, 0.3) is 0 Å². The number of benzene rings is 1. The molecule has 0 saturated carbocycles. The predicted octanol–water partition coefficient (Wildman–Crippen LogP) is 2.50. The molecular weight excluding hydrogens is 240 g/mol. The first-order valence-electron chi connectivity index (χ1n) is 6.64. The average Bonchev–Trinajstić information content (AvgIpc) is 2.41. The molecule has 0 heterocycles. The van der Waals surface area contributed by atoms with Crippen LogP contribution >= 0.6 is 0 Å². The van der Waals surface area contributed by atoms with Crippen LogP contribution in [-0.2, 0) is 4.79 Å². The minimum atomic E-state index is -0.00759. The third kappa shape index (κ3) is 3.70. The fourth-order valence-corrected chi connectivity index (χ4v) is 2.06. The standard InChI is InChI=1S/C15H24N2O2/c1-6-12(9-16-4)15(18)17-13-7-8-14(19-5)11(3)10(13)2/h7-8,12,16H,6,9H2,1-5H3,(H,17,18). The number of carbonyl (C=O) groups excluding carboxylic acids is 1. The van der Waals surface area contributed by atoms with Crippen molar-refractivity contribution in [2.75, 3.05) is 26.0 Å². The van der Waals surface area contributed by atoms with Gasteiger partial charge in [-0.1, -0.05) is 6.92 Å². The van der Waals surface area contributed by atoms with Crippen molar-refractivity contribution in [2.24, 2.45) is 5.92 Å². The molecule has 106 valence electrons. The number of hydrogen-bond acceptors (Lipinski definition) is 3. The number of ether oxygens (including phenoxy) is 1. The molecule has 2 N–H and O–H groups in total. The van der Waals surface area contributed by atoms with E-state index in [1.54, 1.807) is 7.11 Å². The Morgan fingerprint density at radius 1 is 1.32 bits per heavy atom. The Bertz CT molecular complexity index is 444. The largest absolute Gasteiger partial charge is 0.496 e. The highest BCUT2D eigenvalue weighted by Crippen LogP contribution is 2.27. The fourth-order valence-electron chi connectivity index (χ4n) is 2.06. The molecule has 4 nitrogen and oxygen atoms in total. The van der Waals surface area contributed by atoms with Gasteiger partial charge in [-0.25, -0.2) is 0 Å². The minimum Gasteiger partial charge on any atom is -0.496 e. The molecule has 0 aliphatic heterocycles. The van der Waals surface area contributed by atoms with Crippen LogP contribution < -0.4 is 15.4 Å². The third-order valence-corrected chi connectivity index (χ3v) is 3.53. The van der Waals surface area contributed by atoms with Crippen LogP contribution in [0.1, 0.15) is 24.5 Å². The second-order valence-corrected chi connectivity index (χ2v) is 4.72. The highest BCUT2D eigenvalue weighted by atomic mass is 16.5. The van der Waals surface area contributed by atoms with Gasteiger partial charge in [0.05, 0.1) is 13.0 Å². The van der Waals surface area contributed by atoms with Gasteiger partial charge in [0.2, 0.25) is 5.91 Å². The van der Waals surface area contributed by atoms with E-state index in [-0.39, 0.29) is 11.8 Å². The Hall–Kier alpha value is -1.55. The lowest BCUT2D eigenvalue weighted by Crippen LogP contribution is -2.30. The van der Waals surface area contributed by atoms with Crippen LogP contribution in [0.15, 0.2) is 12.1 Å². The van der Waals surface area contributed by atoms with Crippen LogP contribution in [0, 0.1) is 19.8 Å². The maximum Gasteiger partial charge on any atom is 0.228 e. The van der Waals surface area contributed by atoms with Gasteiger partial charge < -0.3 is 15.4 Å². The lowest BCUT2D eigenvalue weighted by molar-refractivity contribution is -0.119. The second kappa shape index (κ2) is 7.14. The van der Waals surface area contributed by atoms with E-state index < -0.39 is 0 Å². The van der Waals surface area contributed by atoms with E-state index in [1.165, 1.54) is 0 Å². The molecule has 19 heavy (non-hydrogen) atoms. The SMILES string of the molecule is CCC(CNC)C(=O)Nc1ccc(OC)c(C)c1C. The Kier molecular flexibility index (Phi) is 5.83. The van der Waals surface area contributed by atoms with Gasteiger partial charge in [0, 0.05) is 12.2 Å². The summed E-state index contributed by atoms with van der Waals surface area (Å²) in [4.78, 5) is 12.2. The first kappa shape index (κ1) is 15.5. The van der Waals surface area contributed by atoms with Crippen LogP contribution in [-0.4, -0.2) is 26.6 Å². The molecule has 0 aliphatic rings. The summed E-state index contributed by atoms with van der Waals surface area (Å²) in [6.45, 7) is 6.70. The first-order chi connectivity index (χ1) is 9.04. The second-order valence-electron chi connectivity index (χ2n) is 4.72. The molecule has 0 bridgehead atoms. The van der Waals surface area contributed by atoms with Gasteiger partial charge in [-0.2, -0.15) is 0 Å². The molecule has 0 radical (unpaired) electrons. The molecule has 1 amide bonds. The molecule has 0 aromatic heterocycles. The Morgan fingerprint density at radius 3 is 2.53 bits per heavy atom. The zero-order valence-corrected chi connectivity index (χ0v) is 12.5. The molecule has 4 heteroatoms. The molecule has 0 spiro atoms. The maximum atomic E-state index is 12.2. The van der Waals surface area contributed by atoms with Crippen molar-refractivity contribution in [3.05, 3.63) is 23.3 Å². The van der Waals surface area contributed by atoms with Gasteiger partial charge >= 0.3 is 0 Å². The lowest BCUT2D eigenvalue weighted by Gasteiger charge is -2.17. The maximum absolute atomic E-state index is 12.2. The van der Waals surface area contributed by atoms with E-state index in [9.17, 15) is 4.79 Å². The molecule has 1 unspecified atom stereocenters. The summed E-state index contributed by atoms with van der Waals surface area (Å²) in [5, 5.41) is 6.05. The van der Waals surface area contributed by atoms with Gasteiger partial charge in [0.25, 0.3) is 0 Å². The number of anilines is 1. The van der Waals surface area contributed by atoms with Gasteiger partial charge in [0.1, 0.15) is 5.75 Å². The van der Waals surface area contributed by atoms with E-state index in [2.05, 4.69) is 10.6 Å². The molecule has 0 aliphatic carbocycles. The summed E-state index contributed by atoms with van der Waals surface area (Å²) in [6.07, 6.45) is 0.820. The van der Waals surface area contributed by atoms with E-state index in [4.69, 9.17) is 4.74 Å². The number of amides is 1. The van der Waals surface area contributed by atoms with E-state index in [0.717, 1.165) is 29.0 Å². The summed E-state index contributed by atoms with van der Waals surface area (Å²) < 4.78 is 5.27. The van der Waals surface area contributed by atoms with Gasteiger partial charge in [0.15, 0.2) is 0 Å². The molecular formula is C15H24N2O2. The zero-order chi connectivity index (χ0) is 14.4. The van der Waals surface area contributed by atoms with Crippen molar-refractivity contribution in [1.29, 1.82) is 0 Å². The van der Waals surface area contributed by atoms with Crippen molar-refractivity contribution in [3.63, 3.8) is 0 Å². The van der Waals surface area contributed by atoms with E-state index in [0.29, 0.717) is 6.54 Å². The Balaban J connectivity index is 2.88. The molecule has 1 aromatic carbocycles. The van der Waals surface area contributed by atoms with E-state index >= 15 is 0 Å². The van der Waals surface area contributed by atoms with Crippen molar-refractivity contribution in [2.45, 2.75) is 27.2 Å². The van der Waals surface area contributed by atoms with Crippen LogP contribution in [0.5, 0.6) is 5.75 Å². The van der Waals surface area contributed by atoms with E-state index in [1.807, 2.05) is 40.0 Å². The molecule has 1 aromatic rings. The topological polar surface area (TPSA) is 50.4 Å². The smallest absolute Gasteiger partial charge is 0.228 e. The van der Waals surface area contributed by atoms with Crippen molar-refractivity contribution >= 4 is 11.6 Å². The van der Waals surface area contributed by atoms with Crippen LogP contribution in [0.4, 0.5) is 5.69 Å². The highest BCUT2D eigenvalue weighted by molar-refractivity contribution is 5.93. The lowest BCUT2D eigenvalue weighted by atomic mass is 10.0. The normalized spacial score (nSPS) is 12.1. The minimum absolute atomic E-state index is 0.00759. The van der Waals surface area contributed by atoms with Crippen LogP contribution in [0.3, 0.4) is 0 Å². The number of rotatable bonds is 6. The molecule has 1 rings (SSSR count). The fraction of sp³-hybridized carbons (Fsp3) is 0.533. The Labute approximate surface area is 115 Å². The summed E-state index contributed by atoms with van der Waals surface area (Å²) in [5.41, 5.74) is 2.96. The first-order valence-corrected chi connectivity index (χ1v) is 6.64. The van der Waals surface area contributed by atoms with Gasteiger partial charge in [-0.15, -0.1) is 0 Å². The molecule has 1 atom stereocenters. The summed E-state index contributed by atoms with van der Waals surface area (Å²) in [6, 6.07) is 3.78. The monoisotopic (exact) mass is 264 g/mol. The summed E-state index contributed by atoms with van der Waals surface area (Å²) in [7, 11) is 3.51. The average molecular weight is 264 g/mol. The summed E-state index contributed by atoms with van der Waals surface area (Å²) in [5.74, 6) is 0.897. The summed E-state index contributed by atoms with van der Waals surface area (Å²) >= 11 is 0. The third-order valence-electron chi connectivity index (χ3n) is 3.53. The number of methoxy groups -OCH3 is 1. The van der Waals surface area contributed by atoms with Gasteiger partial charge in [-0.05, 0) is 50.6 Å². The number of nitrogens with one attached hydrogen (secondary N) is 2. The predicted molar refractivity (Wildman–Crippen MR) is 78.8 cm³/mol. The zero-order valence-electron chi connectivity index (χ0n) is 12.5. The highest BCUT2D eigenvalue weighted by Gasteiger charge is 2.17. The van der Waals surface area contributed by atoms with Crippen LogP contribution in [0.2, 0.25) is 0 Å². The van der Waals surface area contributed by atoms with Crippen molar-refractivity contribution in [1.82, 2.24) is 5.32 Å². The number of hydrogen-bond donors (Lipinski definition) is 2. The van der Waals surface area contributed by atoms with Crippen molar-refractivity contribution in [3.8, 4) is 5.75 Å². The van der Waals surface area contributed by atoms with Gasteiger partial charge in [-0.3, -0.25) is 4.79 Å². The number of carbonyl (C=O) groups is 1. The van der Waals surface area contributed by atoms with Crippen molar-refractivity contribution < 1.29 is 9.53 Å². The molecule has 0 fully saturated rings. The Morgan fingerprint density at radius 2 is 2.00 bits per heavy atom. The quantitative estimate of drug-likeness (QED) is 0.830.